The van der Waals surface area contributed by atoms with Crippen LogP contribution >= 0.6 is 23.5 Å². The lowest BCUT2D eigenvalue weighted by Gasteiger charge is -2.07. The van der Waals surface area contributed by atoms with Crippen LogP contribution in [0.25, 0.3) is 0 Å². The molecule has 0 radical (unpaired) electrons. The molecule has 2 aromatic rings. The quantitative estimate of drug-likeness (QED) is 0.494. The Morgan fingerprint density at radius 2 is 2.25 bits per heavy atom. The van der Waals surface area contributed by atoms with E-state index in [0.717, 1.165) is 5.69 Å². The second-order valence-corrected chi connectivity index (χ2v) is 6.43. The van der Waals surface area contributed by atoms with E-state index in [1.165, 1.54) is 5.56 Å². The smallest absolute Gasteiger partial charge is 0.248 e. The van der Waals surface area contributed by atoms with E-state index in [1.54, 1.807) is 23.5 Å². The Morgan fingerprint density at radius 3 is 3.00 bits per heavy atom. The van der Waals surface area contributed by atoms with E-state index in [1.807, 2.05) is 22.8 Å². The summed E-state index contributed by atoms with van der Waals surface area (Å²) in [6, 6.07) is 10.2. The fourth-order valence-electron chi connectivity index (χ4n) is 2.26. The summed E-state index contributed by atoms with van der Waals surface area (Å²) < 4.78 is 7.42. The third-order valence-electron chi connectivity index (χ3n) is 3.11. The number of nitrogens with zero attached hydrogens (tertiary/aromatic N) is 1. The van der Waals surface area contributed by atoms with Crippen molar-refractivity contribution in [1.29, 1.82) is 0 Å². The lowest BCUT2D eigenvalue weighted by Crippen LogP contribution is -2.39. The van der Waals surface area contributed by atoms with E-state index in [0.29, 0.717) is 23.1 Å². The van der Waals surface area contributed by atoms with E-state index in [4.69, 9.17) is 10.8 Å². The Bertz CT molecular complexity index is 646. The molecule has 0 bridgehead atoms. The van der Waals surface area contributed by atoms with Crippen molar-refractivity contribution in [3.8, 4) is 18.3 Å². The largest absolute Gasteiger partial charge is 0.540 e. The van der Waals surface area contributed by atoms with Gasteiger partial charge in [-0.25, -0.2) is 0 Å². The first-order chi connectivity index (χ1) is 9.81. The Labute approximate surface area is 126 Å². The Hall–Kier alpha value is -1.51. The Balaban J connectivity index is 1.93. The summed E-state index contributed by atoms with van der Waals surface area (Å²) in [6.07, 6.45) is 5.25. The second kappa shape index (κ2) is 5.86. The van der Waals surface area contributed by atoms with Gasteiger partial charge in [-0.2, -0.15) is 4.57 Å². The highest BCUT2D eigenvalue weighted by Crippen LogP contribution is 2.38. The third-order valence-corrected chi connectivity index (χ3v) is 5.17. The maximum atomic E-state index is 11.9. The van der Waals surface area contributed by atoms with Crippen molar-refractivity contribution >= 4 is 23.5 Å². The highest BCUT2D eigenvalue weighted by atomic mass is 32.2. The molecule has 2 heterocycles. The molecule has 1 aliphatic heterocycles. The number of fused-ring (bicyclic) bond motifs is 1. The Morgan fingerprint density at radius 1 is 1.45 bits per heavy atom. The summed E-state index contributed by atoms with van der Waals surface area (Å²) in [5.41, 5.74) is 1.94. The molecular weight excluding hydrogens is 290 g/mol. The summed E-state index contributed by atoms with van der Waals surface area (Å²) in [5, 5.41) is 12.0. The molecule has 3 rings (SSSR count). The van der Waals surface area contributed by atoms with Crippen molar-refractivity contribution in [2.24, 2.45) is 0 Å². The number of terminal acetylenes is 1. The van der Waals surface area contributed by atoms with Gasteiger partial charge in [-0.3, -0.25) is 0 Å². The molecule has 3 nitrogen and oxygen atoms in total. The van der Waals surface area contributed by atoms with E-state index >= 15 is 0 Å². The van der Waals surface area contributed by atoms with Crippen molar-refractivity contribution in [2.75, 3.05) is 5.75 Å². The van der Waals surface area contributed by atoms with Crippen LogP contribution in [0.2, 0.25) is 0 Å². The van der Waals surface area contributed by atoms with Crippen molar-refractivity contribution in [1.82, 2.24) is 0 Å². The van der Waals surface area contributed by atoms with Gasteiger partial charge in [-0.1, -0.05) is 48.0 Å². The standard InChI is InChI=1S/C15H13NO2S2/c1-2-8-19-10-13-16-12(15(17)18-13)9-20-14(16)11-6-4-3-5-7-11/h1,3-7,14H,8-10H2/t14-/m1/s1. The van der Waals surface area contributed by atoms with E-state index in [9.17, 15) is 5.11 Å². The number of thioether (sulfide) groups is 2. The van der Waals surface area contributed by atoms with Gasteiger partial charge in [0, 0.05) is 5.56 Å². The lowest BCUT2D eigenvalue weighted by molar-refractivity contribution is -0.702. The van der Waals surface area contributed by atoms with Gasteiger partial charge in [0.25, 0.3) is 0 Å². The van der Waals surface area contributed by atoms with Gasteiger partial charge in [-0.05, 0) is 0 Å². The molecule has 0 saturated carbocycles. The van der Waals surface area contributed by atoms with Crippen LogP contribution in [0, 0.1) is 12.3 Å². The third kappa shape index (κ3) is 2.41. The minimum atomic E-state index is -0.216. The molecule has 20 heavy (non-hydrogen) atoms. The summed E-state index contributed by atoms with van der Waals surface area (Å²) in [4.78, 5) is 0. The SMILES string of the molecule is C#CCSCc1oc([O-])c2[n+]1[C@@H](c1ccccc1)SC2. The number of hydrogen-bond donors (Lipinski definition) is 0. The number of aromatic nitrogens is 1. The lowest BCUT2D eigenvalue weighted by atomic mass is 10.2. The highest BCUT2D eigenvalue weighted by molar-refractivity contribution is 7.99. The van der Waals surface area contributed by atoms with E-state index in [-0.39, 0.29) is 11.3 Å². The molecule has 0 fully saturated rings. The molecule has 0 amide bonds. The second-order valence-electron chi connectivity index (χ2n) is 4.37. The average Bonchev–Trinajstić information content (AvgIpc) is 3.03. The van der Waals surface area contributed by atoms with Crippen LogP contribution in [-0.4, -0.2) is 5.75 Å². The minimum absolute atomic E-state index is 0.124. The van der Waals surface area contributed by atoms with Crippen LogP contribution in [0.1, 0.15) is 22.5 Å². The topological polar surface area (TPSA) is 40.1 Å². The van der Waals surface area contributed by atoms with Gasteiger partial charge >= 0.3 is 0 Å². The van der Waals surface area contributed by atoms with Crippen LogP contribution < -0.4 is 9.67 Å². The molecule has 5 heteroatoms. The molecular formula is C15H13NO2S2. The van der Waals surface area contributed by atoms with Crippen LogP contribution in [0.5, 0.6) is 5.95 Å². The summed E-state index contributed by atoms with van der Waals surface area (Å²) in [6.45, 7) is 0. The zero-order chi connectivity index (χ0) is 13.9. The van der Waals surface area contributed by atoms with Crippen LogP contribution in [0.4, 0.5) is 0 Å². The fraction of sp³-hybridized carbons (Fsp3) is 0.267. The molecule has 0 aliphatic carbocycles. The fourth-order valence-corrected chi connectivity index (χ4v) is 4.17. The van der Waals surface area contributed by atoms with Gasteiger partial charge in [-0.15, -0.1) is 18.2 Å². The van der Waals surface area contributed by atoms with Gasteiger partial charge < -0.3 is 9.52 Å². The summed E-state index contributed by atoms with van der Waals surface area (Å²) in [5.74, 6) is 5.02. The van der Waals surface area contributed by atoms with Crippen molar-refractivity contribution < 1.29 is 14.1 Å². The molecule has 0 saturated heterocycles. The molecule has 1 atom stereocenters. The first-order valence-corrected chi connectivity index (χ1v) is 8.42. The highest BCUT2D eigenvalue weighted by Gasteiger charge is 2.37. The molecule has 0 N–H and O–H groups in total. The van der Waals surface area contributed by atoms with Crippen molar-refractivity contribution in [3.05, 3.63) is 47.5 Å². The van der Waals surface area contributed by atoms with Crippen LogP contribution in [-0.2, 0) is 11.5 Å². The van der Waals surface area contributed by atoms with E-state index < -0.39 is 0 Å². The molecule has 0 unspecified atom stereocenters. The number of benzene rings is 1. The summed E-state index contributed by atoms with van der Waals surface area (Å²) >= 11 is 3.34. The number of hydrogen-bond acceptors (Lipinski definition) is 4. The van der Waals surface area contributed by atoms with Crippen molar-refractivity contribution in [2.45, 2.75) is 16.9 Å². The molecule has 1 aromatic carbocycles. The summed E-state index contributed by atoms with van der Waals surface area (Å²) in [7, 11) is 0. The Kier molecular flexibility index (Phi) is 3.95. The van der Waals surface area contributed by atoms with Gasteiger partial charge in [0.15, 0.2) is 0 Å². The molecule has 1 aliphatic rings. The zero-order valence-electron chi connectivity index (χ0n) is 10.7. The van der Waals surface area contributed by atoms with Crippen molar-refractivity contribution in [3.63, 3.8) is 0 Å². The van der Waals surface area contributed by atoms with Gasteiger partial charge in [0.2, 0.25) is 17.0 Å². The predicted molar refractivity (Wildman–Crippen MR) is 79.2 cm³/mol. The maximum absolute atomic E-state index is 11.9. The minimum Gasteiger partial charge on any atom is -0.540 e. The predicted octanol–water partition coefficient (Wildman–Crippen LogP) is 2.30. The number of oxazole rings is 1. The molecule has 1 aromatic heterocycles. The average molecular weight is 303 g/mol. The normalized spacial score (nSPS) is 16.9. The number of rotatable bonds is 4. The van der Waals surface area contributed by atoms with Gasteiger partial charge in [0.05, 0.1) is 17.3 Å². The molecule has 0 spiro atoms. The van der Waals surface area contributed by atoms with Gasteiger partial charge in [0.1, 0.15) is 5.95 Å². The van der Waals surface area contributed by atoms with Crippen LogP contribution in [0.3, 0.4) is 0 Å². The first kappa shape index (κ1) is 13.5. The first-order valence-electron chi connectivity index (χ1n) is 6.22. The monoisotopic (exact) mass is 303 g/mol. The maximum Gasteiger partial charge on any atom is 0.248 e. The molecule has 102 valence electrons. The van der Waals surface area contributed by atoms with Crippen LogP contribution in [0.15, 0.2) is 34.7 Å². The zero-order valence-corrected chi connectivity index (χ0v) is 12.4. The van der Waals surface area contributed by atoms with E-state index in [2.05, 4.69) is 18.1 Å².